The minimum Gasteiger partial charge on any atom is -0.316 e. The van der Waals surface area contributed by atoms with Gasteiger partial charge in [0, 0.05) is 6.42 Å². The van der Waals surface area contributed by atoms with E-state index in [1.165, 1.54) is 0 Å². The van der Waals surface area contributed by atoms with Crippen molar-refractivity contribution >= 4 is 12.1 Å². The molecule has 0 saturated heterocycles. The van der Waals surface area contributed by atoms with Gasteiger partial charge >= 0.3 is 0 Å². The maximum Gasteiger partial charge on any atom is 0.197 e. The number of hydrogen-bond acceptors (Lipinski definition) is 4. The third-order valence-electron chi connectivity index (χ3n) is 0.718. The Kier molecular flexibility index (Phi) is 3.25. The number of nitriles is 1. The van der Waals surface area contributed by atoms with Gasteiger partial charge in [-0.2, -0.15) is 5.26 Å². The van der Waals surface area contributed by atoms with Crippen LogP contribution in [0.3, 0.4) is 0 Å². The van der Waals surface area contributed by atoms with E-state index in [-0.39, 0.29) is 12.7 Å². The van der Waals surface area contributed by atoms with Gasteiger partial charge in [0.1, 0.15) is 6.04 Å². The predicted octanol–water partition coefficient (Wildman–Crippen LogP) is -1.00. The van der Waals surface area contributed by atoms with Crippen LogP contribution in [-0.4, -0.2) is 18.1 Å². The van der Waals surface area contributed by atoms with E-state index in [4.69, 9.17) is 11.0 Å². The second-order valence-electron chi connectivity index (χ2n) is 1.52. The number of carbonyl (C=O) groups excluding carboxylic acids is 2. The standard InChI is InChI=1S/C5H6N2O2/c6-2-4(7)1-5(9)3-8/h3-4H,1,7H2. The summed E-state index contributed by atoms with van der Waals surface area (Å²) in [6.45, 7) is 0. The van der Waals surface area contributed by atoms with Crippen molar-refractivity contribution in [2.24, 2.45) is 5.73 Å². The molecule has 0 aliphatic rings. The maximum atomic E-state index is 10.2. The van der Waals surface area contributed by atoms with Crippen LogP contribution in [0.4, 0.5) is 0 Å². The number of nitrogens with zero attached hydrogens (tertiary/aromatic N) is 1. The molecule has 0 aromatic rings. The fourth-order valence-corrected chi connectivity index (χ4v) is 0.311. The zero-order valence-corrected chi connectivity index (χ0v) is 4.70. The molecule has 0 aliphatic carbocycles. The van der Waals surface area contributed by atoms with E-state index in [2.05, 4.69) is 0 Å². The van der Waals surface area contributed by atoms with Gasteiger partial charge in [-0.3, -0.25) is 9.59 Å². The molecule has 1 atom stereocenters. The number of nitrogens with two attached hydrogens (primary N) is 1. The quantitative estimate of drug-likeness (QED) is 0.388. The molecule has 0 fully saturated rings. The van der Waals surface area contributed by atoms with Gasteiger partial charge in [-0.15, -0.1) is 0 Å². The van der Waals surface area contributed by atoms with E-state index < -0.39 is 11.8 Å². The molecule has 0 bridgehead atoms. The van der Waals surface area contributed by atoms with Crippen molar-refractivity contribution in [2.75, 3.05) is 0 Å². The van der Waals surface area contributed by atoms with Crippen LogP contribution >= 0.6 is 0 Å². The van der Waals surface area contributed by atoms with Gasteiger partial charge in [-0.25, -0.2) is 0 Å². The summed E-state index contributed by atoms with van der Waals surface area (Å²) in [5, 5.41) is 8.04. The van der Waals surface area contributed by atoms with Crippen molar-refractivity contribution in [2.45, 2.75) is 12.5 Å². The van der Waals surface area contributed by atoms with Crippen LogP contribution in [0, 0.1) is 11.3 Å². The molecule has 4 nitrogen and oxygen atoms in total. The van der Waals surface area contributed by atoms with Crippen molar-refractivity contribution in [3.05, 3.63) is 0 Å². The Morgan fingerprint density at radius 1 is 1.89 bits per heavy atom. The lowest BCUT2D eigenvalue weighted by atomic mass is 10.2. The number of ketones is 1. The normalized spacial score (nSPS) is 11.6. The highest BCUT2D eigenvalue weighted by Gasteiger charge is 2.05. The molecule has 0 aromatic heterocycles. The second-order valence-corrected chi connectivity index (χ2v) is 1.52. The topological polar surface area (TPSA) is 83.9 Å². The molecular formula is C5H6N2O2. The van der Waals surface area contributed by atoms with E-state index in [0.717, 1.165) is 0 Å². The molecule has 0 amide bonds. The highest BCUT2D eigenvalue weighted by molar-refractivity contribution is 6.25. The molecule has 0 spiro atoms. The fraction of sp³-hybridized carbons (Fsp3) is 0.400. The number of rotatable bonds is 3. The average Bonchev–Trinajstić information content (AvgIpc) is 1.87. The summed E-state index contributed by atoms with van der Waals surface area (Å²) in [5.74, 6) is -0.635. The van der Waals surface area contributed by atoms with Crippen molar-refractivity contribution in [1.82, 2.24) is 0 Å². The first-order chi connectivity index (χ1) is 4.20. The number of hydrogen-bond donors (Lipinski definition) is 1. The molecule has 2 N–H and O–H groups in total. The SMILES string of the molecule is N#CC(N)CC(=O)C=O. The third-order valence-corrected chi connectivity index (χ3v) is 0.718. The van der Waals surface area contributed by atoms with Crippen LogP contribution in [0.2, 0.25) is 0 Å². The minimum absolute atomic E-state index is 0.164. The maximum absolute atomic E-state index is 10.2. The minimum atomic E-state index is -0.845. The van der Waals surface area contributed by atoms with Gasteiger partial charge in [0.25, 0.3) is 0 Å². The lowest BCUT2D eigenvalue weighted by Gasteiger charge is -1.92. The molecule has 0 saturated carbocycles. The van der Waals surface area contributed by atoms with Gasteiger partial charge in [-0.05, 0) is 0 Å². The van der Waals surface area contributed by atoms with Gasteiger partial charge in [0.2, 0.25) is 0 Å². The van der Waals surface area contributed by atoms with E-state index >= 15 is 0 Å². The average molecular weight is 126 g/mol. The highest BCUT2D eigenvalue weighted by atomic mass is 16.2. The molecule has 0 heterocycles. The Morgan fingerprint density at radius 2 is 2.44 bits per heavy atom. The summed E-state index contributed by atoms with van der Waals surface area (Å²) in [4.78, 5) is 19.8. The summed E-state index contributed by atoms with van der Waals surface area (Å²) in [5.41, 5.74) is 5.01. The Morgan fingerprint density at radius 3 is 2.78 bits per heavy atom. The zero-order chi connectivity index (χ0) is 7.28. The first-order valence-electron chi connectivity index (χ1n) is 2.34. The molecule has 0 rings (SSSR count). The smallest absolute Gasteiger partial charge is 0.197 e. The summed E-state index contributed by atoms with van der Waals surface area (Å²) in [6, 6.07) is 0.783. The van der Waals surface area contributed by atoms with E-state index in [1.54, 1.807) is 6.07 Å². The van der Waals surface area contributed by atoms with E-state index in [9.17, 15) is 9.59 Å². The first kappa shape index (κ1) is 7.79. The van der Waals surface area contributed by atoms with Gasteiger partial charge in [0.15, 0.2) is 12.1 Å². The molecule has 9 heavy (non-hydrogen) atoms. The monoisotopic (exact) mass is 126 g/mol. The van der Waals surface area contributed by atoms with Crippen molar-refractivity contribution in [3.63, 3.8) is 0 Å². The van der Waals surface area contributed by atoms with E-state index in [0.29, 0.717) is 0 Å². The van der Waals surface area contributed by atoms with Crippen LogP contribution < -0.4 is 5.73 Å². The molecule has 4 heteroatoms. The lowest BCUT2D eigenvalue weighted by Crippen LogP contribution is -2.21. The summed E-state index contributed by atoms with van der Waals surface area (Å²) in [7, 11) is 0. The number of carbonyl (C=O) groups is 2. The van der Waals surface area contributed by atoms with E-state index in [1.807, 2.05) is 0 Å². The molecule has 0 radical (unpaired) electrons. The predicted molar refractivity (Wildman–Crippen MR) is 29.3 cm³/mol. The van der Waals surface area contributed by atoms with Gasteiger partial charge in [0.05, 0.1) is 6.07 Å². The Hall–Kier alpha value is -1.21. The second kappa shape index (κ2) is 3.75. The van der Waals surface area contributed by atoms with Crippen molar-refractivity contribution in [3.8, 4) is 6.07 Å². The molecule has 0 aliphatic heterocycles. The lowest BCUT2D eigenvalue weighted by molar-refractivity contribution is -0.129. The molecule has 1 unspecified atom stereocenters. The Labute approximate surface area is 52.3 Å². The molecule has 0 aromatic carbocycles. The number of aldehydes is 1. The van der Waals surface area contributed by atoms with Crippen LogP contribution in [0.25, 0.3) is 0 Å². The van der Waals surface area contributed by atoms with Crippen LogP contribution in [0.1, 0.15) is 6.42 Å². The van der Waals surface area contributed by atoms with Crippen LogP contribution in [0.5, 0.6) is 0 Å². The third kappa shape index (κ3) is 3.38. The molecular weight excluding hydrogens is 120 g/mol. The number of Topliss-reactive ketones (excluding diaryl/α,β-unsaturated/α-hetero) is 1. The van der Waals surface area contributed by atoms with Crippen molar-refractivity contribution in [1.29, 1.82) is 5.26 Å². The van der Waals surface area contributed by atoms with Gasteiger partial charge in [-0.1, -0.05) is 0 Å². The van der Waals surface area contributed by atoms with Crippen molar-refractivity contribution < 1.29 is 9.59 Å². The zero-order valence-electron chi connectivity index (χ0n) is 4.70. The summed E-state index contributed by atoms with van der Waals surface area (Å²) >= 11 is 0. The van der Waals surface area contributed by atoms with Crippen LogP contribution in [-0.2, 0) is 9.59 Å². The Balaban J connectivity index is 3.62. The van der Waals surface area contributed by atoms with Gasteiger partial charge < -0.3 is 5.73 Å². The highest BCUT2D eigenvalue weighted by Crippen LogP contribution is 1.83. The summed E-state index contributed by atoms with van der Waals surface area (Å²) < 4.78 is 0. The Bertz CT molecular complexity index is 159. The summed E-state index contributed by atoms with van der Waals surface area (Å²) in [6.07, 6.45) is -0.0167. The first-order valence-corrected chi connectivity index (χ1v) is 2.34. The molecule has 48 valence electrons. The fourth-order valence-electron chi connectivity index (χ4n) is 0.311. The van der Waals surface area contributed by atoms with Crippen LogP contribution in [0.15, 0.2) is 0 Å². The largest absolute Gasteiger partial charge is 0.316 e.